The minimum Gasteiger partial charge on any atom is -0.350 e. The van der Waals surface area contributed by atoms with Crippen LogP contribution in [0, 0.1) is 11.8 Å². The summed E-state index contributed by atoms with van der Waals surface area (Å²) in [7, 11) is 3.77. The zero-order chi connectivity index (χ0) is 26.8. The summed E-state index contributed by atoms with van der Waals surface area (Å²) in [6.45, 7) is 10.8. The van der Waals surface area contributed by atoms with Gasteiger partial charge in [-0.3, -0.25) is 19.3 Å². The molecule has 0 radical (unpaired) electrons. The first-order valence-corrected chi connectivity index (χ1v) is 14.3. The number of likely N-dealkylation sites (tertiary alicyclic amines) is 1. The van der Waals surface area contributed by atoms with E-state index >= 15 is 0 Å². The molecule has 3 amide bonds. The highest BCUT2D eigenvalue weighted by Crippen LogP contribution is 2.20. The first kappa shape index (κ1) is 30.3. The van der Waals surface area contributed by atoms with Crippen molar-refractivity contribution >= 4 is 17.7 Å². The molecule has 1 aliphatic carbocycles. The summed E-state index contributed by atoms with van der Waals surface area (Å²) in [5.74, 6) is -0.139. The number of amides is 3. The fraction of sp³-hybridized carbons (Fsp3) is 0.828. The Morgan fingerprint density at radius 1 is 0.889 bits per heavy atom. The van der Waals surface area contributed by atoms with Crippen LogP contribution in [0.4, 0.5) is 0 Å². The Labute approximate surface area is 219 Å². The average molecular weight is 505 g/mol. The zero-order valence-electron chi connectivity index (χ0n) is 23.9. The van der Waals surface area contributed by atoms with Crippen molar-refractivity contribution in [2.45, 2.75) is 123 Å². The molecule has 0 aromatic rings. The minimum atomic E-state index is -0.600. The van der Waals surface area contributed by atoms with E-state index in [1.54, 1.807) is 11.9 Å². The van der Waals surface area contributed by atoms with Crippen LogP contribution in [0.1, 0.15) is 98.8 Å². The number of rotatable bonds is 9. The Morgan fingerprint density at radius 3 is 2.03 bits per heavy atom. The van der Waals surface area contributed by atoms with Crippen LogP contribution in [-0.4, -0.2) is 72.3 Å². The van der Waals surface area contributed by atoms with Crippen LogP contribution >= 0.6 is 0 Å². The summed E-state index contributed by atoms with van der Waals surface area (Å²) in [5.41, 5.74) is 0.643. The first-order chi connectivity index (χ1) is 17.0. The number of nitrogens with one attached hydrogen (secondary N) is 2. The van der Waals surface area contributed by atoms with Crippen molar-refractivity contribution in [3.8, 4) is 0 Å². The van der Waals surface area contributed by atoms with E-state index in [0.717, 1.165) is 38.6 Å². The molecule has 3 unspecified atom stereocenters. The monoisotopic (exact) mass is 504 g/mol. The third kappa shape index (κ3) is 8.89. The highest BCUT2D eigenvalue weighted by molar-refractivity contribution is 5.93. The van der Waals surface area contributed by atoms with Gasteiger partial charge in [-0.1, -0.05) is 72.3 Å². The van der Waals surface area contributed by atoms with E-state index in [1.165, 1.54) is 32.1 Å². The van der Waals surface area contributed by atoms with Gasteiger partial charge >= 0.3 is 0 Å². The molecular formula is C29H52N4O3. The Morgan fingerprint density at radius 2 is 1.47 bits per heavy atom. The topological polar surface area (TPSA) is 81.8 Å². The lowest BCUT2D eigenvalue weighted by molar-refractivity contribution is -0.139. The zero-order valence-corrected chi connectivity index (χ0v) is 23.9. The van der Waals surface area contributed by atoms with Crippen molar-refractivity contribution in [1.29, 1.82) is 0 Å². The SMILES string of the molecule is C/C(=C\C(C(C)C)N(C)C(=O)C(NC(=O)C1CCCCN1C)C(C)C)C(=O)NC1CCCCCCC1. The van der Waals surface area contributed by atoms with Crippen LogP contribution in [0.5, 0.6) is 0 Å². The van der Waals surface area contributed by atoms with Gasteiger partial charge < -0.3 is 15.5 Å². The number of carbonyl (C=O) groups is 3. The van der Waals surface area contributed by atoms with Gasteiger partial charge in [0.25, 0.3) is 0 Å². The highest BCUT2D eigenvalue weighted by atomic mass is 16.2. The summed E-state index contributed by atoms with van der Waals surface area (Å²) >= 11 is 0. The van der Waals surface area contributed by atoms with E-state index in [4.69, 9.17) is 0 Å². The van der Waals surface area contributed by atoms with Gasteiger partial charge in [-0.25, -0.2) is 0 Å². The van der Waals surface area contributed by atoms with Gasteiger partial charge in [-0.2, -0.15) is 0 Å². The minimum absolute atomic E-state index is 0.0406. The third-order valence-electron chi connectivity index (χ3n) is 8.00. The van der Waals surface area contributed by atoms with Gasteiger partial charge in [0.15, 0.2) is 0 Å². The fourth-order valence-corrected chi connectivity index (χ4v) is 5.52. The van der Waals surface area contributed by atoms with Crippen LogP contribution in [0.3, 0.4) is 0 Å². The Hall–Kier alpha value is -1.89. The van der Waals surface area contributed by atoms with Gasteiger partial charge in [0.2, 0.25) is 17.7 Å². The molecule has 0 aromatic carbocycles. The number of nitrogens with zero attached hydrogens (tertiary/aromatic N) is 2. The smallest absolute Gasteiger partial charge is 0.246 e. The standard InChI is InChI=1S/C29H52N4O3/c1-20(2)25(19-22(5)27(34)30-23-15-11-9-8-10-12-16-23)33(7)29(36)26(21(3)4)31-28(35)24-17-13-14-18-32(24)6/h19-21,23-26H,8-18H2,1-7H3,(H,30,34)(H,31,35)/b22-19+. The summed E-state index contributed by atoms with van der Waals surface area (Å²) in [5, 5.41) is 6.29. The van der Waals surface area contributed by atoms with Gasteiger partial charge in [0.1, 0.15) is 6.04 Å². The lowest BCUT2D eigenvalue weighted by Gasteiger charge is -2.36. The van der Waals surface area contributed by atoms with Crippen LogP contribution in [0.15, 0.2) is 11.6 Å². The van der Waals surface area contributed by atoms with E-state index < -0.39 is 6.04 Å². The van der Waals surface area contributed by atoms with Crippen molar-refractivity contribution < 1.29 is 14.4 Å². The number of carbonyl (C=O) groups excluding carboxylic acids is 3. The van der Waals surface area contributed by atoms with Gasteiger partial charge in [-0.15, -0.1) is 0 Å². The molecule has 2 rings (SSSR count). The molecule has 7 heteroatoms. The van der Waals surface area contributed by atoms with E-state index in [-0.39, 0.29) is 47.7 Å². The lowest BCUT2D eigenvalue weighted by atomic mass is 9.95. The van der Waals surface area contributed by atoms with Crippen LogP contribution < -0.4 is 10.6 Å². The fourth-order valence-electron chi connectivity index (χ4n) is 5.52. The molecular weight excluding hydrogens is 452 g/mol. The van der Waals surface area contributed by atoms with E-state index in [2.05, 4.69) is 29.4 Å². The number of hydrogen-bond acceptors (Lipinski definition) is 4. The second-order valence-electron chi connectivity index (χ2n) is 11.8. The molecule has 1 aliphatic heterocycles. The molecule has 0 bridgehead atoms. The molecule has 36 heavy (non-hydrogen) atoms. The molecule has 1 saturated carbocycles. The van der Waals surface area contributed by atoms with Crippen LogP contribution in [-0.2, 0) is 14.4 Å². The number of hydrogen-bond donors (Lipinski definition) is 2. The summed E-state index contributed by atoms with van der Waals surface area (Å²) in [6.07, 6.45) is 13.1. The molecule has 1 heterocycles. The van der Waals surface area contributed by atoms with Crippen molar-refractivity contribution in [2.75, 3.05) is 20.6 Å². The predicted molar refractivity (Wildman–Crippen MR) is 146 cm³/mol. The molecule has 0 aromatic heterocycles. The maximum absolute atomic E-state index is 13.6. The van der Waals surface area contributed by atoms with Gasteiger partial charge in [0, 0.05) is 18.7 Å². The Kier molecular flexibility index (Phi) is 12.4. The quantitative estimate of drug-likeness (QED) is 0.460. The van der Waals surface area contributed by atoms with Crippen molar-refractivity contribution in [1.82, 2.24) is 20.4 Å². The molecule has 206 valence electrons. The summed E-state index contributed by atoms with van der Waals surface area (Å²) in [6, 6.07) is -0.790. The molecule has 0 spiro atoms. The number of likely N-dealkylation sites (N-methyl/N-ethyl adjacent to an activating group) is 2. The lowest BCUT2D eigenvalue weighted by Crippen LogP contribution is -2.57. The highest BCUT2D eigenvalue weighted by Gasteiger charge is 2.34. The predicted octanol–water partition coefficient (Wildman–Crippen LogP) is 4.27. The first-order valence-electron chi connectivity index (χ1n) is 14.3. The third-order valence-corrected chi connectivity index (χ3v) is 8.00. The normalized spacial score (nSPS) is 22.5. The molecule has 2 N–H and O–H groups in total. The second kappa shape index (κ2) is 14.7. The maximum Gasteiger partial charge on any atom is 0.246 e. The van der Waals surface area contributed by atoms with Crippen molar-refractivity contribution in [3.63, 3.8) is 0 Å². The molecule has 2 aliphatic rings. The molecule has 3 atom stereocenters. The molecule has 1 saturated heterocycles. The van der Waals surface area contributed by atoms with Crippen molar-refractivity contribution in [2.24, 2.45) is 11.8 Å². The number of piperidine rings is 1. The summed E-state index contributed by atoms with van der Waals surface area (Å²) in [4.78, 5) is 43.5. The maximum atomic E-state index is 13.6. The van der Waals surface area contributed by atoms with Gasteiger partial charge in [-0.05, 0) is 58.0 Å². The van der Waals surface area contributed by atoms with Crippen LogP contribution in [0.25, 0.3) is 0 Å². The van der Waals surface area contributed by atoms with E-state index in [1.807, 2.05) is 33.9 Å². The average Bonchev–Trinajstić information content (AvgIpc) is 2.81. The molecule has 2 fully saturated rings. The van der Waals surface area contributed by atoms with Gasteiger partial charge in [0.05, 0.1) is 12.1 Å². The molecule has 7 nitrogen and oxygen atoms in total. The Balaban J connectivity index is 2.09. The Bertz CT molecular complexity index is 756. The van der Waals surface area contributed by atoms with E-state index in [9.17, 15) is 14.4 Å². The second-order valence-corrected chi connectivity index (χ2v) is 11.8. The van der Waals surface area contributed by atoms with E-state index in [0.29, 0.717) is 5.57 Å². The summed E-state index contributed by atoms with van der Waals surface area (Å²) < 4.78 is 0. The largest absolute Gasteiger partial charge is 0.350 e. The van der Waals surface area contributed by atoms with Crippen molar-refractivity contribution in [3.05, 3.63) is 11.6 Å². The van der Waals surface area contributed by atoms with Crippen LogP contribution in [0.2, 0.25) is 0 Å².